The number of hydrogen-bond donors (Lipinski definition) is 1. The van der Waals surface area contributed by atoms with Crippen molar-refractivity contribution in [3.05, 3.63) is 35.4 Å². The van der Waals surface area contributed by atoms with Crippen LogP contribution in [0.2, 0.25) is 0 Å². The molecule has 1 aromatic rings. The average Bonchev–Trinajstić information content (AvgIpc) is 2.67. The van der Waals surface area contributed by atoms with Gasteiger partial charge in [-0.15, -0.1) is 12.4 Å². The van der Waals surface area contributed by atoms with E-state index in [9.17, 15) is 18.0 Å². The summed E-state index contributed by atoms with van der Waals surface area (Å²) in [4.78, 5) is 25.6. The van der Waals surface area contributed by atoms with Crippen molar-refractivity contribution in [2.45, 2.75) is 24.6 Å². The molecular weight excluding hydrogens is 406 g/mol. The first-order valence-electron chi connectivity index (χ1n) is 9.06. The van der Waals surface area contributed by atoms with Crippen LogP contribution in [0.4, 0.5) is 0 Å². The predicted molar refractivity (Wildman–Crippen MR) is 107 cm³/mol. The monoisotopic (exact) mass is 431 g/mol. The van der Waals surface area contributed by atoms with Gasteiger partial charge in [0.15, 0.2) is 0 Å². The Balaban J connectivity index is 0.00000280. The largest absolute Gasteiger partial charge is 0.465 e. The second-order valence-electron chi connectivity index (χ2n) is 6.87. The van der Waals surface area contributed by atoms with Crippen molar-refractivity contribution in [2.75, 3.05) is 39.8 Å². The molecule has 156 valence electrons. The van der Waals surface area contributed by atoms with Crippen LogP contribution in [0.3, 0.4) is 0 Å². The molecule has 28 heavy (non-hydrogen) atoms. The predicted octanol–water partition coefficient (Wildman–Crippen LogP) is 0.621. The SMILES string of the molecule is COC(=O)c1cccc(CS(=O)(=O)N2CCCC(N3CCNCC3=O)C2)c1.Cl. The zero-order valence-corrected chi connectivity index (χ0v) is 17.4. The molecule has 2 fully saturated rings. The number of benzene rings is 1. The second-order valence-corrected chi connectivity index (χ2v) is 8.84. The highest BCUT2D eigenvalue weighted by Crippen LogP contribution is 2.22. The fourth-order valence-corrected chi connectivity index (χ4v) is 5.23. The number of halogens is 1. The van der Waals surface area contributed by atoms with Gasteiger partial charge in [0, 0.05) is 32.2 Å². The zero-order valence-electron chi connectivity index (χ0n) is 15.8. The maximum Gasteiger partial charge on any atom is 0.337 e. The van der Waals surface area contributed by atoms with Gasteiger partial charge in [0.1, 0.15) is 0 Å². The maximum atomic E-state index is 12.9. The zero-order chi connectivity index (χ0) is 19.4. The number of piperidine rings is 1. The van der Waals surface area contributed by atoms with E-state index in [0.29, 0.717) is 37.3 Å². The summed E-state index contributed by atoms with van der Waals surface area (Å²) in [5.74, 6) is -0.652. The summed E-state index contributed by atoms with van der Waals surface area (Å²) in [5, 5.41) is 3.04. The molecule has 3 rings (SSSR count). The van der Waals surface area contributed by atoms with Crippen molar-refractivity contribution in [1.82, 2.24) is 14.5 Å². The molecule has 1 unspecified atom stereocenters. The molecule has 0 saturated carbocycles. The molecule has 8 nitrogen and oxygen atoms in total. The molecular formula is C18H26ClN3O5S. The Morgan fingerprint density at radius 1 is 1.32 bits per heavy atom. The molecule has 2 aliphatic heterocycles. The van der Waals surface area contributed by atoms with E-state index in [-0.39, 0.29) is 30.1 Å². The van der Waals surface area contributed by atoms with Crippen LogP contribution in [-0.4, -0.2) is 75.4 Å². The first kappa shape index (κ1) is 22.6. The van der Waals surface area contributed by atoms with Gasteiger partial charge >= 0.3 is 5.97 Å². The number of nitrogens with zero attached hydrogens (tertiary/aromatic N) is 2. The number of ether oxygens (including phenoxy) is 1. The van der Waals surface area contributed by atoms with E-state index in [4.69, 9.17) is 0 Å². The van der Waals surface area contributed by atoms with Gasteiger partial charge in [-0.05, 0) is 30.5 Å². The number of amides is 1. The van der Waals surface area contributed by atoms with Crippen LogP contribution in [0, 0.1) is 0 Å². The smallest absolute Gasteiger partial charge is 0.337 e. The molecule has 2 heterocycles. The van der Waals surface area contributed by atoms with E-state index >= 15 is 0 Å². The fourth-order valence-electron chi connectivity index (χ4n) is 3.64. The Hall–Kier alpha value is -1.68. The van der Waals surface area contributed by atoms with Gasteiger partial charge in [0.2, 0.25) is 15.9 Å². The molecule has 0 aliphatic carbocycles. The van der Waals surface area contributed by atoms with Crippen molar-refractivity contribution in [2.24, 2.45) is 0 Å². The summed E-state index contributed by atoms with van der Waals surface area (Å²) in [6.45, 7) is 2.43. The van der Waals surface area contributed by atoms with Gasteiger partial charge in [-0.2, -0.15) is 4.31 Å². The van der Waals surface area contributed by atoms with Crippen LogP contribution >= 0.6 is 12.4 Å². The third kappa shape index (κ3) is 5.22. The fraction of sp³-hybridized carbons (Fsp3) is 0.556. The Labute approximate surface area is 171 Å². The summed E-state index contributed by atoms with van der Waals surface area (Å²) < 4.78 is 32.0. The lowest BCUT2D eigenvalue weighted by Crippen LogP contribution is -2.57. The second kappa shape index (κ2) is 9.69. The Kier molecular flexibility index (Phi) is 7.82. The maximum absolute atomic E-state index is 12.9. The minimum atomic E-state index is -3.55. The van der Waals surface area contributed by atoms with E-state index in [2.05, 4.69) is 10.1 Å². The number of carbonyl (C=O) groups excluding carboxylic acids is 2. The lowest BCUT2D eigenvalue weighted by Gasteiger charge is -2.40. The number of hydrogen-bond acceptors (Lipinski definition) is 6. The Morgan fingerprint density at radius 2 is 2.11 bits per heavy atom. The molecule has 0 radical (unpaired) electrons. The van der Waals surface area contributed by atoms with Crippen molar-refractivity contribution in [3.8, 4) is 0 Å². The highest BCUT2D eigenvalue weighted by Gasteiger charge is 2.34. The Bertz CT molecular complexity index is 817. The standard InChI is InChI=1S/C18H25N3O5S.ClH/c1-26-18(23)15-5-2-4-14(10-15)13-27(24,25)20-8-3-6-16(12-20)21-9-7-19-11-17(21)22;/h2,4-5,10,16,19H,3,6-9,11-13H2,1H3;1H. The van der Waals surface area contributed by atoms with Crippen LogP contribution in [0.15, 0.2) is 24.3 Å². The van der Waals surface area contributed by atoms with Gasteiger partial charge in [0.05, 0.1) is 25.0 Å². The molecule has 0 spiro atoms. The van der Waals surface area contributed by atoms with E-state index in [1.807, 2.05) is 0 Å². The molecule has 1 amide bonds. The molecule has 1 N–H and O–H groups in total. The number of methoxy groups -OCH3 is 1. The van der Waals surface area contributed by atoms with Gasteiger partial charge in [-0.3, -0.25) is 4.79 Å². The van der Waals surface area contributed by atoms with Crippen molar-refractivity contribution >= 4 is 34.3 Å². The summed E-state index contributed by atoms with van der Waals surface area (Å²) >= 11 is 0. The van der Waals surface area contributed by atoms with Crippen LogP contribution in [-0.2, 0) is 25.3 Å². The van der Waals surface area contributed by atoms with Gasteiger partial charge in [0.25, 0.3) is 0 Å². The molecule has 2 aliphatic rings. The molecule has 10 heteroatoms. The summed E-state index contributed by atoms with van der Waals surface area (Å²) in [7, 11) is -2.26. The number of rotatable bonds is 5. The normalized spacial score (nSPS) is 21.1. The minimum absolute atomic E-state index is 0. The first-order valence-corrected chi connectivity index (χ1v) is 10.7. The number of carbonyl (C=O) groups is 2. The van der Waals surface area contributed by atoms with Gasteiger partial charge in [-0.25, -0.2) is 13.2 Å². The first-order chi connectivity index (χ1) is 12.9. The molecule has 2 saturated heterocycles. The van der Waals surface area contributed by atoms with E-state index in [1.54, 1.807) is 29.2 Å². The van der Waals surface area contributed by atoms with E-state index in [1.165, 1.54) is 11.4 Å². The van der Waals surface area contributed by atoms with E-state index < -0.39 is 16.0 Å². The molecule has 0 bridgehead atoms. The highest BCUT2D eigenvalue weighted by atomic mass is 35.5. The number of esters is 1. The number of piperazine rings is 1. The highest BCUT2D eigenvalue weighted by molar-refractivity contribution is 7.88. The van der Waals surface area contributed by atoms with Crippen LogP contribution in [0.25, 0.3) is 0 Å². The quantitative estimate of drug-likeness (QED) is 0.686. The lowest BCUT2D eigenvalue weighted by atomic mass is 10.1. The lowest BCUT2D eigenvalue weighted by molar-refractivity contribution is -0.135. The topological polar surface area (TPSA) is 96.0 Å². The summed E-state index contributed by atoms with van der Waals surface area (Å²) in [6.07, 6.45) is 1.54. The third-order valence-electron chi connectivity index (χ3n) is 5.02. The van der Waals surface area contributed by atoms with E-state index in [0.717, 1.165) is 19.4 Å². The third-order valence-corrected chi connectivity index (χ3v) is 6.83. The number of sulfonamides is 1. The van der Waals surface area contributed by atoms with Gasteiger partial charge in [-0.1, -0.05) is 12.1 Å². The summed E-state index contributed by atoms with van der Waals surface area (Å²) in [5.41, 5.74) is 0.867. The van der Waals surface area contributed by atoms with Crippen LogP contribution in [0.1, 0.15) is 28.8 Å². The molecule has 1 atom stereocenters. The molecule has 1 aromatic carbocycles. The minimum Gasteiger partial charge on any atom is -0.465 e. The van der Waals surface area contributed by atoms with Crippen molar-refractivity contribution < 1.29 is 22.7 Å². The van der Waals surface area contributed by atoms with Gasteiger partial charge < -0.3 is 15.0 Å². The summed E-state index contributed by atoms with van der Waals surface area (Å²) in [6, 6.07) is 6.39. The molecule has 0 aromatic heterocycles. The van der Waals surface area contributed by atoms with Crippen LogP contribution < -0.4 is 5.32 Å². The Morgan fingerprint density at radius 3 is 2.82 bits per heavy atom. The van der Waals surface area contributed by atoms with Crippen LogP contribution in [0.5, 0.6) is 0 Å². The van der Waals surface area contributed by atoms with Crippen molar-refractivity contribution in [3.63, 3.8) is 0 Å². The van der Waals surface area contributed by atoms with Crippen molar-refractivity contribution in [1.29, 1.82) is 0 Å². The average molecular weight is 432 g/mol. The number of nitrogens with one attached hydrogen (secondary N) is 1.